The number of halogens is 1. The quantitative estimate of drug-likeness (QED) is 0.838. The number of carbonyl (C=O) groups excluding carboxylic acids is 1. The Labute approximate surface area is 137 Å². The molecule has 1 aromatic heterocycles. The molecule has 120 valence electrons. The Balaban J connectivity index is 1.80. The van der Waals surface area contributed by atoms with Crippen LogP contribution in [0, 0.1) is 5.41 Å². The average molecular weight is 322 g/mol. The summed E-state index contributed by atoms with van der Waals surface area (Å²) in [5.74, 6) is 1.19. The molecule has 1 spiro atoms. The van der Waals surface area contributed by atoms with Gasteiger partial charge in [-0.1, -0.05) is 11.6 Å². The third-order valence-corrected chi connectivity index (χ3v) is 5.31. The molecule has 2 aliphatic rings. The van der Waals surface area contributed by atoms with Gasteiger partial charge in [0.15, 0.2) is 0 Å². The van der Waals surface area contributed by atoms with Gasteiger partial charge in [-0.3, -0.25) is 4.79 Å². The van der Waals surface area contributed by atoms with Crippen molar-refractivity contribution in [3.05, 3.63) is 23.4 Å². The predicted molar refractivity (Wildman–Crippen MR) is 89.2 cm³/mol. The Kier molecular flexibility index (Phi) is 4.31. The van der Waals surface area contributed by atoms with Gasteiger partial charge >= 0.3 is 0 Å². The molecule has 2 fully saturated rings. The van der Waals surface area contributed by atoms with E-state index in [2.05, 4.69) is 23.7 Å². The lowest BCUT2D eigenvalue weighted by Gasteiger charge is -2.49. The molecule has 1 atom stereocenters. The Bertz CT molecular complexity index is 563. The van der Waals surface area contributed by atoms with Crippen LogP contribution in [0.25, 0.3) is 0 Å². The molecular formula is C17H24ClN3O. The molecule has 0 aliphatic carbocycles. The summed E-state index contributed by atoms with van der Waals surface area (Å²) in [4.78, 5) is 21.0. The minimum absolute atomic E-state index is 0.192. The molecule has 4 nitrogen and oxygen atoms in total. The van der Waals surface area contributed by atoms with Crippen LogP contribution in [-0.2, 0) is 4.79 Å². The van der Waals surface area contributed by atoms with Crippen molar-refractivity contribution in [2.45, 2.75) is 45.6 Å². The first-order valence-corrected chi connectivity index (χ1v) is 8.53. The monoisotopic (exact) mass is 321 g/mol. The van der Waals surface area contributed by atoms with E-state index >= 15 is 0 Å². The van der Waals surface area contributed by atoms with Gasteiger partial charge in [0.2, 0.25) is 5.91 Å². The van der Waals surface area contributed by atoms with Gasteiger partial charge in [0, 0.05) is 43.7 Å². The Morgan fingerprint density at radius 1 is 1.32 bits per heavy atom. The van der Waals surface area contributed by atoms with Gasteiger partial charge in [-0.2, -0.15) is 0 Å². The molecule has 1 amide bonds. The lowest BCUT2D eigenvalue weighted by Crippen LogP contribution is -2.55. The van der Waals surface area contributed by atoms with E-state index in [-0.39, 0.29) is 11.5 Å². The molecule has 3 rings (SSSR count). The first-order chi connectivity index (χ1) is 10.5. The van der Waals surface area contributed by atoms with Crippen LogP contribution in [0.15, 0.2) is 18.3 Å². The zero-order valence-corrected chi connectivity index (χ0v) is 14.1. The summed E-state index contributed by atoms with van der Waals surface area (Å²) in [6.07, 6.45) is 5.77. The summed E-state index contributed by atoms with van der Waals surface area (Å²) in [5, 5.41) is 0.715. The van der Waals surface area contributed by atoms with E-state index in [9.17, 15) is 4.79 Å². The molecule has 0 N–H and O–H groups in total. The minimum atomic E-state index is 0.192. The van der Waals surface area contributed by atoms with Crippen molar-refractivity contribution in [2.75, 3.05) is 24.5 Å². The van der Waals surface area contributed by atoms with Crippen LogP contribution in [-0.4, -0.2) is 41.5 Å². The number of anilines is 1. The van der Waals surface area contributed by atoms with E-state index in [1.165, 1.54) is 6.42 Å². The highest BCUT2D eigenvalue weighted by Crippen LogP contribution is 2.41. The summed E-state index contributed by atoms with van der Waals surface area (Å²) in [6, 6.07) is 4.04. The Morgan fingerprint density at radius 2 is 2.14 bits per heavy atom. The molecule has 0 bridgehead atoms. The van der Waals surface area contributed by atoms with Gasteiger partial charge in [0.1, 0.15) is 5.82 Å². The number of carbonyl (C=O) groups is 1. The smallest absolute Gasteiger partial charge is 0.222 e. The third-order valence-electron chi connectivity index (χ3n) is 5.02. The van der Waals surface area contributed by atoms with Crippen molar-refractivity contribution in [1.29, 1.82) is 0 Å². The molecule has 3 heterocycles. The molecule has 0 unspecified atom stereocenters. The topological polar surface area (TPSA) is 36.4 Å². The number of hydrogen-bond donors (Lipinski definition) is 0. The second-order valence-electron chi connectivity index (χ2n) is 6.95. The summed E-state index contributed by atoms with van der Waals surface area (Å²) in [5.41, 5.74) is 0.192. The second-order valence-corrected chi connectivity index (χ2v) is 7.36. The fraction of sp³-hybridized carbons (Fsp3) is 0.647. The summed E-state index contributed by atoms with van der Waals surface area (Å²) >= 11 is 6.32. The van der Waals surface area contributed by atoms with Gasteiger partial charge in [-0.05, 0) is 45.2 Å². The van der Waals surface area contributed by atoms with Crippen LogP contribution in [0.4, 0.5) is 5.82 Å². The van der Waals surface area contributed by atoms with Gasteiger partial charge in [0.05, 0.1) is 5.02 Å². The van der Waals surface area contributed by atoms with Crippen molar-refractivity contribution in [1.82, 2.24) is 9.88 Å². The highest BCUT2D eigenvalue weighted by atomic mass is 35.5. The van der Waals surface area contributed by atoms with Crippen LogP contribution in [0.1, 0.15) is 39.5 Å². The predicted octanol–water partition coefficient (Wildman–Crippen LogP) is 3.35. The number of nitrogens with zero attached hydrogens (tertiary/aromatic N) is 3. The number of pyridine rings is 1. The zero-order valence-electron chi connectivity index (χ0n) is 13.4. The fourth-order valence-electron chi connectivity index (χ4n) is 3.85. The molecule has 0 aromatic carbocycles. The number of piperidine rings is 2. The standard InChI is InChI=1S/C17H24ClN3O/c1-13(2)21-12-17(8-6-15(21)22)7-4-10-20(11-17)16-14(18)5-3-9-19-16/h3,5,9,13H,4,6-8,10-12H2,1-2H3/t17-/m1/s1. The zero-order chi connectivity index (χ0) is 15.7. The van der Waals surface area contributed by atoms with Crippen molar-refractivity contribution < 1.29 is 4.79 Å². The van der Waals surface area contributed by atoms with Crippen molar-refractivity contribution in [3.63, 3.8) is 0 Å². The molecule has 1 aromatic rings. The maximum Gasteiger partial charge on any atom is 0.222 e. The number of hydrogen-bond acceptors (Lipinski definition) is 3. The van der Waals surface area contributed by atoms with Crippen molar-refractivity contribution in [3.8, 4) is 0 Å². The fourth-order valence-corrected chi connectivity index (χ4v) is 4.09. The first-order valence-electron chi connectivity index (χ1n) is 8.16. The third kappa shape index (κ3) is 2.94. The van der Waals surface area contributed by atoms with Crippen LogP contribution in [0.5, 0.6) is 0 Å². The van der Waals surface area contributed by atoms with E-state index in [0.29, 0.717) is 17.4 Å². The summed E-state index contributed by atoms with van der Waals surface area (Å²) in [7, 11) is 0. The van der Waals surface area contributed by atoms with E-state index in [4.69, 9.17) is 11.6 Å². The van der Waals surface area contributed by atoms with Crippen LogP contribution in [0.3, 0.4) is 0 Å². The molecule has 5 heteroatoms. The Morgan fingerprint density at radius 3 is 2.86 bits per heavy atom. The maximum absolute atomic E-state index is 12.1. The highest BCUT2D eigenvalue weighted by molar-refractivity contribution is 6.32. The molecule has 22 heavy (non-hydrogen) atoms. The molecule has 2 aliphatic heterocycles. The molecule has 2 saturated heterocycles. The SMILES string of the molecule is CC(C)N1C[C@]2(CCCN(c3ncccc3Cl)C2)CCC1=O. The Hall–Kier alpha value is -1.29. The largest absolute Gasteiger partial charge is 0.355 e. The maximum atomic E-state index is 12.1. The molecule has 0 radical (unpaired) electrons. The van der Waals surface area contributed by atoms with E-state index in [1.54, 1.807) is 6.20 Å². The summed E-state index contributed by atoms with van der Waals surface area (Å²) < 4.78 is 0. The van der Waals surface area contributed by atoms with Crippen LogP contribution >= 0.6 is 11.6 Å². The second kappa shape index (κ2) is 6.07. The number of likely N-dealkylation sites (tertiary alicyclic amines) is 1. The number of amides is 1. The normalized spacial score (nSPS) is 26.1. The minimum Gasteiger partial charge on any atom is -0.355 e. The van der Waals surface area contributed by atoms with Crippen LogP contribution in [0.2, 0.25) is 5.02 Å². The van der Waals surface area contributed by atoms with E-state index < -0.39 is 0 Å². The average Bonchev–Trinajstić information content (AvgIpc) is 2.50. The van der Waals surface area contributed by atoms with Crippen LogP contribution < -0.4 is 4.90 Å². The molecule has 0 saturated carbocycles. The summed E-state index contributed by atoms with van der Waals surface area (Å²) in [6.45, 7) is 7.01. The van der Waals surface area contributed by atoms with E-state index in [0.717, 1.165) is 38.3 Å². The molecular weight excluding hydrogens is 298 g/mol. The van der Waals surface area contributed by atoms with Gasteiger partial charge in [0.25, 0.3) is 0 Å². The lowest BCUT2D eigenvalue weighted by molar-refractivity contribution is -0.140. The highest BCUT2D eigenvalue weighted by Gasteiger charge is 2.42. The lowest BCUT2D eigenvalue weighted by atomic mass is 9.73. The van der Waals surface area contributed by atoms with Crippen molar-refractivity contribution in [2.24, 2.45) is 5.41 Å². The van der Waals surface area contributed by atoms with E-state index in [1.807, 2.05) is 17.0 Å². The van der Waals surface area contributed by atoms with Gasteiger partial charge in [-0.15, -0.1) is 0 Å². The number of rotatable bonds is 2. The number of aromatic nitrogens is 1. The first kappa shape index (κ1) is 15.6. The van der Waals surface area contributed by atoms with Gasteiger partial charge in [-0.25, -0.2) is 4.98 Å². The van der Waals surface area contributed by atoms with Crippen molar-refractivity contribution >= 4 is 23.3 Å². The van der Waals surface area contributed by atoms with Gasteiger partial charge < -0.3 is 9.80 Å².